The fraction of sp³-hybridized carbons (Fsp3) is 0.364. The number of benzene rings is 1. The number of rotatable bonds is 10. The number of nitrogens with zero attached hydrogens (tertiary/aromatic N) is 1. The van der Waals surface area contributed by atoms with E-state index in [1.807, 2.05) is 57.2 Å². The Balaban J connectivity index is 1.59. The van der Waals surface area contributed by atoms with Crippen molar-refractivity contribution in [3.05, 3.63) is 57.2 Å². The molecule has 0 aliphatic rings. The van der Waals surface area contributed by atoms with Gasteiger partial charge in [-0.05, 0) is 66.0 Å². The predicted octanol–water partition coefficient (Wildman–Crippen LogP) is 5.86. The normalized spacial score (nSPS) is 13.2. The van der Waals surface area contributed by atoms with Gasteiger partial charge in [-0.15, -0.1) is 11.3 Å². The summed E-state index contributed by atoms with van der Waals surface area (Å²) in [5, 5.41) is 9.39. The summed E-state index contributed by atoms with van der Waals surface area (Å²) in [7, 11) is 0. The molecule has 0 amide bonds. The van der Waals surface area contributed by atoms with Crippen LogP contribution in [0.25, 0.3) is 10.8 Å². The molecular weight excluding hydrogens is 470 g/mol. The van der Waals surface area contributed by atoms with Crippen LogP contribution in [0.1, 0.15) is 37.3 Å². The molecule has 2 atom stereocenters. The van der Waals surface area contributed by atoms with Crippen LogP contribution in [0.2, 0.25) is 0 Å². The first-order valence-corrected chi connectivity index (χ1v) is 11.3. The molecule has 1 aromatic carbocycles. The lowest BCUT2D eigenvalue weighted by Gasteiger charge is -2.18. The van der Waals surface area contributed by atoms with Crippen molar-refractivity contribution in [2.75, 3.05) is 0 Å². The van der Waals surface area contributed by atoms with E-state index in [4.69, 9.17) is 13.9 Å². The summed E-state index contributed by atoms with van der Waals surface area (Å²) in [6.45, 7) is 6.00. The molecule has 2 aromatic heterocycles. The van der Waals surface area contributed by atoms with Crippen molar-refractivity contribution in [1.82, 2.24) is 4.98 Å². The minimum Gasteiger partial charge on any atom is -0.487 e. The summed E-state index contributed by atoms with van der Waals surface area (Å²) in [6.07, 6.45) is 0.116. The van der Waals surface area contributed by atoms with Crippen LogP contribution in [0.3, 0.4) is 0 Å². The molecule has 2 heterocycles. The molecule has 0 spiro atoms. The second-order valence-electron chi connectivity index (χ2n) is 6.94. The van der Waals surface area contributed by atoms with Crippen molar-refractivity contribution in [2.24, 2.45) is 0 Å². The molecule has 0 aliphatic carbocycles. The molecule has 2 unspecified atom stereocenters. The Morgan fingerprint density at radius 1 is 1.27 bits per heavy atom. The highest BCUT2D eigenvalue weighted by Gasteiger charge is 2.21. The van der Waals surface area contributed by atoms with Crippen molar-refractivity contribution in [1.29, 1.82) is 0 Å². The summed E-state index contributed by atoms with van der Waals surface area (Å²) in [6, 6.07) is 11.3. The summed E-state index contributed by atoms with van der Waals surface area (Å²) >= 11 is 5.00. The van der Waals surface area contributed by atoms with Crippen molar-refractivity contribution in [3.63, 3.8) is 0 Å². The first-order chi connectivity index (χ1) is 14.4. The second kappa shape index (κ2) is 10.2. The van der Waals surface area contributed by atoms with Gasteiger partial charge in [-0.3, -0.25) is 0 Å². The van der Waals surface area contributed by atoms with Crippen molar-refractivity contribution in [3.8, 4) is 16.5 Å². The van der Waals surface area contributed by atoms with Gasteiger partial charge in [0.15, 0.2) is 6.10 Å². The minimum absolute atomic E-state index is 0.0976. The van der Waals surface area contributed by atoms with Gasteiger partial charge in [0.25, 0.3) is 0 Å². The molecule has 1 N–H and O–H groups in total. The smallest absolute Gasteiger partial charge is 0.333 e. The molecule has 0 radical (unpaired) electrons. The van der Waals surface area contributed by atoms with Crippen LogP contribution in [0.4, 0.5) is 0 Å². The van der Waals surface area contributed by atoms with Gasteiger partial charge in [0.05, 0.1) is 14.8 Å². The third kappa shape index (κ3) is 5.93. The first kappa shape index (κ1) is 22.5. The van der Waals surface area contributed by atoms with Gasteiger partial charge in [0.1, 0.15) is 23.8 Å². The topological polar surface area (TPSA) is 81.8 Å². The fourth-order valence-electron chi connectivity index (χ4n) is 2.75. The van der Waals surface area contributed by atoms with Crippen molar-refractivity contribution in [2.45, 2.75) is 52.4 Å². The van der Waals surface area contributed by atoms with E-state index in [2.05, 4.69) is 20.9 Å². The maximum Gasteiger partial charge on any atom is 0.333 e. The second-order valence-corrected chi connectivity index (χ2v) is 9.41. The van der Waals surface area contributed by atoms with Crippen LogP contribution in [0.5, 0.6) is 5.75 Å². The number of hydrogen-bond acceptors (Lipinski definition) is 6. The van der Waals surface area contributed by atoms with Gasteiger partial charge in [-0.25, -0.2) is 9.78 Å². The number of aromatic nitrogens is 1. The number of aliphatic carboxylic acids is 1. The van der Waals surface area contributed by atoms with E-state index in [-0.39, 0.29) is 12.7 Å². The highest BCUT2D eigenvalue weighted by atomic mass is 79.9. The number of oxazole rings is 1. The van der Waals surface area contributed by atoms with Gasteiger partial charge in [0.2, 0.25) is 5.89 Å². The number of thiophene rings is 1. The Morgan fingerprint density at radius 3 is 2.60 bits per heavy atom. The average molecular weight is 494 g/mol. The SMILES string of the molecule is CCC(C)OC(Cc1ccc(OCc2nc(-c3ccc(Br)s3)oc2C)cc1)C(=O)O. The van der Waals surface area contributed by atoms with E-state index in [9.17, 15) is 9.90 Å². The quantitative estimate of drug-likeness (QED) is 0.380. The van der Waals surface area contributed by atoms with Crippen LogP contribution in [-0.2, 0) is 22.6 Å². The van der Waals surface area contributed by atoms with Gasteiger partial charge >= 0.3 is 5.97 Å². The van der Waals surface area contributed by atoms with E-state index in [1.165, 1.54) is 0 Å². The largest absolute Gasteiger partial charge is 0.487 e. The number of aryl methyl sites for hydroxylation is 1. The minimum atomic E-state index is -0.953. The number of hydrogen-bond donors (Lipinski definition) is 1. The zero-order valence-electron chi connectivity index (χ0n) is 17.1. The number of ether oxygens (including phenoxy) is 2. The van der Waals surface area contributed by atoms with Crippen LogP contribution >= 0.6 is 27.3 Å². The third-order valence-electron chi connectivity index (χ3n) is 4.64. The maximum atomic E-state index is 11.5. The molecular formula is C22H24BrNO5S. The lowest BCUT2D eigenvalue weighted by molar-refractivity contribution is -0.153. The Morgan fingerprint density at radius 2 is 2.00 bits per heavy atom. The number of halogens is 1. The monoisotopic (exact) mass is 493 g/mol. The molecule has 0 aliphatic heterocycles. The molecule has 0 saturated carbocycles. The molecule has 0 saturated heterocycles. The van der Waals surface area contributed by atoms with Crippen LogP contribution in [0, 0.1) is 6.92 Å². The van der Waals surface area contributed by atoms with Crippen LogP contribution in [0.15, 0.2) is 44.6 Å². The van der Waals surface area contributed by atoms with E-state index in [1.54, 1.807) is 11.3 Å². The lowest BCUT2D eigenvalue weighted by atomic mass is 10.1. The maximum absolute atomic E-state index is 11.5. The summed E-state index contributed by atoms with van der Waals surface area (Å²) in [5.41, 5.74) is 1.62. The summed E-state index contributed by atoms with van der Waals surface area (Å²) in [5.74, 6) is 1.03. The summed E-state index contributed by atoms with van der Waals surface area (Å²) in [4.78, 5) is 16.9. The molecule has 8 heteroatoms. The Hall–Kier alpha value is -2.16. The van der Waals surface area contributed by atoms with E-state index in [0.29, 0.717) is 18.1 Å². The lowest BCUT2D eigenvalue weighted by Crippen LogP contribution is -2.30. The number of carbonyl (C=O) groups is 1. The van der Waals surface area contributed by atoms with Crippen molar-refractivity contribution >= 4 is 33.2 Å². The molecule has 0 bridgehead atoms. The Bertz CT molecular complexity index is 982. The van der Waals surface area contributed by atoms with Gasteiger partial charge < -0.3 is 19.0 Å². The molecule has 160 valence electrons. The molecule has 3 aromatic rings. The van der Waals surface area contributed by atoms with Gasteiger partial charge in [0, 0.05) is 6.42 Å². The number of carboxylic acids is 1. The van der Waals surface area contributed by atoms with Gasteiger partial charge in [-0.2, -0.15) is 0 Å². The molecule has 6 nitrogen and oxygen atoms in total. The van der Waals surface area contributed by atoms with E-state index < -0.39 is 12.1 Å². The van der Waals surface area contributed by atoms with Gasteiger partial charge in [-0.1, -0.05) is 19.1 Å². The molecule has 3 rings (SSSR count). The van der Waals surface area contributed by atoms with E-state index >= 15 is 0 Å². The number of carboxylic acid groups (broad SMARTS) is 1. The molecule has 0 fully saturated rings. The van der Waals surface area contributed by atoms with Crippen LogP contribution < -0.4 is 4.74 Å². The third-order valence-corrected chi connectivity index (χ3v) is 6.26. The zero-order valence-corrected chi connectivity index (χ0v) is 19.5. The average Bonchev–Trinajstić information content (AvgIpc) is 3.32. The highest BCUT2D eigenvalue weighted by molar-refractivity contribution is 9.11. The molecule has 30 heavy (non-hydrogen) atoms. The Labute approximate surface area is 188 Å². The summed E-state index contributed by atoms with van der Waals surface area (Å²) < 4.78 is 18.2. The first-order valence-electron chi connectivity index (χ1n) is 9.67. The standard InChI is InChI=1S/C22H24BrNO5S/c1-4-13(2)28-18(22(25)26)11-15-5-7-16(8-6-15)27-12-17-14(3)29-21(24-17)19-9-10-20(23)30-19/h5-10,13,18H,4,11-12H2,1-3H3,(H,25,26). The van der Waals surface area contributed by atoms with Crippen molar-refractivity contribution < 1.29 is 23.8 Å². The van der Waals surface area contributed by atoms with Crippen LogP contribution in [-0.4, -0.2) is 28.3 Å². The highest BCUT2D eigenvalue weighted by Crippen LogP contribution is 2.32. The fourth-order valence-corrected chi connectivity index (χ4v) is 4.07. The van der Waals surface area contributed by atoms with E-state index in [0.717, 1.165) is 32.1 Å². The Kier molecular flexibility index (Phi) is 7.69. The predicted molar refractivity (Wildman–Crippen MR) is 119 cm³/mol. The zero-order chi connectivity index (χ0) is 21.7.